The molecule has 0 aliphatic carbocycles. The van der Waals surface area contributed by atoms with Gasteiger partial charge in [0, 0.05) is 20.6 Å². The fraction of sp³-hybridized carbons (Fsp3) is 0.208. The molecule has 0 aliphatic heterocycles. The highest BCUT2D eigenvalue weighted by Gasteiger charge is 2.19. The van der Waals surface area contributed by atoms with Gasteiger partial charge in [-0.25, -0.2) is 4.98 Å². The number of hydrogen-bond donors (Lipinski definition) is 1. The van der Waals surface area contributed by atoms with Crippen LogP contribution in [-0.4, -0.2) is 15.5 Å². The van der Waals surface area contributed by atoms with Gasteiger partial charge in [-0.3, -0.25) is 14.2 Å². The Morgan fingerprint density at radius 3 is 2.55 bits per heavy atom. The van der Waals surface area contributed by atoms with E-state index in [4.69, 9.17) is 0 Å². The second-order valence-electron chi connectivity index (χ2n) is 7.18. The molecule has 0 saturated heterocycles. The molecule has 0 aliphatic rings. The van der Waals surface area contributed by atoms with E-state index in [9.17, 15) is 9.59 Å². The Kier molecular flexibility index (Phi) is 6.34. The number of benzene rings is 2. The number of amides is 1. The number of hydrogen-bond acceptors (Lipinski definition) is 4. The Morgan fingerprint density at radius 1 is 1.10 bits per heavy atom. The van der Waals surface area contributed by atoms with Crippen molar-refractivity contribution in [1.29, 1.82) is 0 Å². The van der Waals surface area contributed by atoms with Gasteiger partial charge in [-0.2, -0.15) is 0 Å². The molecule has 1 N–H and O–H groups in total. The first-order chi connectivity index (χ1) is 15.0. The summed E-state index contributed by atoms with van der Waals surface area (Å²) in [7, 11) is 0. The molecule has 2 aromatic carbocycles. The second-order valence-corrected chi connectivity index (χ2v) is 9.18. The summed E-state index contributed by atoms with van der Waals surface area (Å²) in [6.07, 6.45) is 3.09. The van der Waals surface area contributed by atoms with Gasteiger partial charge in [0.25, 0.3) is 5.56 Å². The summed E-state index contributed by atoms with van der Waals surface area (Å²) < 4.78 is 2.37. The second kappa shape index (κ2) is 9.16. The zero-order valence-corrected chi connectivity index (χ0v) is 19.7. The topological polar surface area (TPSA) is 64.0 Å². The summed E-state index contributed by atoms with van der Waals surface area (Å²) in [6.45, 7) is 4.03. The van der Waals surface area contributed by atoms with Crippen molar-refractivity contribution in [3.8, 4) is 11.1 Å². The molecule has 0 unspecified atom stereocenters. The maximum Gasteiger partial charge on any atom is 0.263 e. The molecule has 4 rings (SSSR count). The number of thiophene rings is 1. The normalized spacial score (nSPS) is 11.1. The highest BCUT2D eigenvalue weighted by atomic mass is 79.9. The van der Waals surface area contributed by atoms with Gasteiger partial charge in [-0.1, -0.05) is 60.1 Å². The minimum absolute atomic E-state index is 0.0864. The molecule has 5 nitrogen and oxygen atoms in total. The summed E-state index contributed by atoms with van der Waals surface area (Å²) in [4.78, 5) is 32.4. The number of nitrogens with one attached hydrogen (secondary N) is 1. The first-order valence-corrected chi connectivity index (χ1v) is 11.8. The van der Waals surface area contributed by atoms with Crippen molar-refractivity contribution in [2.75, 3.05) is 5.32 Å². The zero-order chi connectivity index (χ0) is 22.0. The van der Waals surface area contributed by atoms with Crippen LogP contribution in [0.25, 0.3) is 21.3 Å². The van der Waals surface area contributed by atoms with E-state index in [0.29, 0.717) is 10.2 Å². The van der Waals surface area contributed by atoms with Gasteiger partial charge < -0.3 is 5.32 Å². The SMILES string of the molecule is CCc1ccccc1NC(=O)Cn1cnc2sc(CC)c(-c3ccc(Br)cc3)c2c1=O. The van der Waals surface area contributed by atoms with E-state index >= 15 is 0 Å². The number of para-hydroxylation sites is 1. The van der Waals surface area contributed by atoms with Crippen molar-refractivity contribution in [1.82, 2.24) is 9.55 Å². The molecule has 0 fully saturated rings. The average molecular weight is 496 g/mol. The summed E-state index contributed by atoms with van der Waals surface area (Å²) >= 11 is 5.00. The lowest BCUT2D eigenvalue weighted by Crippen LogP contribution is -2.28. The summed E-state index contributed by atoms with van der Waals surface area (Å²) in [5.74, 6) is -0.250. The smallest absolute Gasteiger partial charge is 0.263 e. The van der Waals surface area contributed by atoms with Crippen molar-refractivity contribution in [3.05, 3.63) is 80.1 Å². The molecule has 0 atom stereocenters. The number of carbonyl (C=O) groups is 1. The van der Waals surface area contributed by atoms with Gasteiger partial charge in [0.2, 0.25) is 5.91 Å². The van der Waals surface area contributed by atoms with Crippen LogP contribution in [-0.2, 0) is 24.2 Å². The van der Waals surface area contributed by atoms with E-state index in [1.165, 1.54) is 22.2 Å². The van der Waals surface area contributed by atoms with Gasteiger partial charge in [0.1, 0.15) is 11.4 Å². The Bertz CT molecular complexity index is 1310. The fourth-order valence-electron chi connectivity index (χ4n) is 3.65. The molecule has 158 valence electrons. The number of carbonyl (C=O) groups excluding carboxylic acids is 1. The Hall–Kier alpha value is -2.77. The van der Waals surface area contributed by atoms with Crippen LogP contribution < -0.4 is 10.9 Å². The third kappa shape index (κ3) is 4.34. The van der Waals surface area contributed by atoms with Crippen molar-refractivity contribution >= 4 is 49.1 Å². The van der Waals surface area contributed by atoms with Crippen LogP contribution in [0.4, 0.5) is 5.69 Å². The first-order valence-electron chi connectivity index (χ1n) is 10.2. The van der Waals surface area contributed by atoms with Crippen LogP contribution in [0.3, 0.4) is 0 Å². The van der Waals surface area contributed by atoms with Crippen LogP contribution in [0.15, 0.2) is 64.1 Å². The number of nitrogens with zero attached hydrogens (tertiary/aromatic N) is 2. The summed E-state index contributed by atoms with van der Waals surface area (Å²) in [5.41, 5.74) is 3.52. The maximum atomic E-state index is 13.4. The predicted octanol–water partition coefficient (Wildman–Crippen LogP) is 5.65. The molecule has 7 heteroatoms. The molecule has 0 radical (unpaired) electrons. The van der Waals surface area contributed by atoms with Crippen LogP contribution in [0.1, 0.15) is 24.3 Å². The van der Waals surface area contributed by atoms with Crippen LogP contribution >= 0.6 is 27.3 Å². The Balaban J connectivity index is 1.72. The lowest BCUT2D eigenvalue weighted by molar-refractivity contribution is -0.116. The van der Waals surface area contributed by atoms with Crippen molar-refractivity contribution < 1.29 is 4.79 Å². The van der Waals surface area contributed by atoms with Crippen LogP contribution in [0, 0.1) is 0 Å². The molecule has 4 aromatic rings. The molecular formula is C24H22BrN3O2S. The summed E-state index contributed by atoms with van der Waals surface area (Å²) in [6, 6.07) is 15.6. The van der Waals surface area contributed by atoms with Crippen molar-refractivity contribution in [2.24, 2.45) is 0 Å². The highest BCUT2D eigenvalue weighted by molar-refractivity contribution is 9.10. The fourth-order valence-corrected chi connectivity index (χ4v) is 5.01. The number of aryl methyl sites for hydroxylation is 2. The van der Waals surface area contributed by atoms with Crippen molar-refractivity contribution in [3.63, 3.8) is 0 Å². The maximum absolute atomic E-state index is 13.4. The first kappa shape index (κ1) is 21.5. The lowest BCUT2D eigenvalue weighted by Gasteiger charge is -2.11. The van der Waals surface area contributed by atoms with Gasteiger partial charge in [0.15, 0.2) is 0 Å². The predicted molar refractivity (Wildman–Crippen MR) is 131 cm³/mol. The molecule has 0 bridgehead atoms. The third-order valence-corrected chi connectivity index (χ3v) is 6.96. The largest absolute Gasteiger partial charge is 0.324 e. The van der Waals surface area contributed by atoms with E-state index in [0.717, 1.165) is 44.6 Å². The molecule has 2 aromatic heterocycles. The van der Waals surface area contributed by atoms with Crippen LogP contribution in [0.2, 0.25) is 0 Å². The number of rotatable bonds is 6. The highest BCUT2D eigenvalue weighted by Crippen LogP contribution is 2.36. The monoisotopic (exact) mass is 495 g/mol. The molecular weight excluding hydrogens is 474 g/mol. The minimum atomic E-state index is -0.250. The zero-order valence-electron chi connectivity index (χ0n) is 17.3. The van der Waals surface area contributed by atoms with E-state index in [1.807, 2.05) is 55.5 Å². The molecule has 0 saturated carbocycles. The van der Waals surface area contributed by atoms with Gasteiger partial charge >= 0.3 is 0 Å². The summed E-state index contributed by atoms with van der Waals surface area (Å²) in [5, 5.41) is 3.50. The minimum Gasteiger partial charge on any atom is -0.324 e. The van der Waals surface area contributed by atoms with E-state index in [-0.39, 0.29) is 18.0 Å². The standard InChI is InChI=1S/C24H22BrN3O2S/c1-3-15-7-5-6-8-18(15)27-20(29)13-28-14-26-23-22(24(28)30)21(19(4-2)31-23)16-9-11-17(25)12-10-16/h5-12,14H,3-4,13H2,1-2H3,(H,27,29). The van der Waals surface area contributed by atoms with Gasteiger partial charge in [-0.15, -0.1) is 11.3 Å². The van der Waals surface area contributed by atoms with Crippen molar-refractivity contribution in [2.45, 2.75) is 33.2 Å². The number of halogens is 1. The molecule has 2 heterocycles. The quantitative estimate of drug-likeness (QED) is 0.375. The van der Waals surface area contributed by atoms with E-state index < -0.39 is 0 Å². The van der Waals surface area contributed by atoms with E-state index in [1.54, 1.807) is 0 Å². The molecule has 0 spiro atoms. The third-order valence-electron chi connectivity index (χ3n) is 5.19. The van der Waals surface area contributed by atoms with Gasteiger partial charge in [-0.05, 0) is 42.2 Å². The lowest BCUT2D eigenvalue weighted by atomic mass is 10.0. The number of aromatic nitrogens is 2. The van der Waals surface area contributed by atoms with E-state index in [2.05, 4.69) is 33.2 Å². The Morgan fingerprint density at radius 2 is 1.84 bits per heavy atom. The molecule has 31 heavy (non-hydrogen) atoms. The number of anilines is 1. The molecule has 1 amide bonds. The van der Waals surface area contributed by atoms with Crippen LogP contribution in [0.5, 0.6) is 0 Å². The number of fused-ring (bicyclic) bond motifs is 1. The van der Waals surface area contributed by atoms with Gasteiger partial charge in [0.05, 0.1) is 11.7 Å². The Labute approximate surface area is 192 Å². The average Bonchev–Trinajstić information content (AvgIpc) is 3.16.